The molecule has 1 heterocycles. The smallest absolute Gasteiger partial charge is 0.135 e. The van der Waals surface area contributed by atoms with E-state index in [-0.39, 0.29) is 5.84 Å². The molecule has 0 unspecified atom stereocenters. The molecule has 0 aliphatic carbocycles. The van der Waals surface area contributed by atoms with Gasteiger partial charge in [-0.05, 0) is 38.0 Å². The van der Waals surface area contributed by atoms with Crippen LogP contribution in [0.15, 0.2) is 18.2 Å². The first kappa shape index (κ1) is 14.5. The molecule has 106 valence electrons. The van der Waals surface area contributed by atoms with E-state index in [1.807, 2.05) is 19.9 Å². The first-order chi connectivity index (χ1) is 9.47. The summed E-state index contributed by atoms with van der Waals surface area (Å²) in [6, 6.07) is 6.18. The van der Waals surface area contributed by atoms with Crippen molar-refractivity contribution in [2.45, 2.75) is 27.2 Å². The van der Waals surface area contributed by atoms with Gasteiger partial charge in [-0.3, -0.25) is 5.41 Å². The van der Waals surface area contributed by atoms with E-state index in [1.54, 1.807) is 0 Å². The van der Waals surface area contributed by atoms with E-state index in [0.29, 0.717) is 6.61 Å². The lowest BCUT2D eigenvalue weighted by Gasteiger charge is -2.08. The van der Waals surface area contributed by atoms with Crippen LogP contribution in [0.25, 0.3) is 0 Å². The maximum Gasteiger partial charge on any atom is 0.135 e. The number of aromatic nitrogens is 1. The second kappa shape index (κ2) is 6.05. The fourth-order valence-electron chi connectivity index (χ4n) is 1.92. The Bertz CT molecular complexity index is 634. The number of ether oxygens (including phenoxy) is 1. The largest absolute Gasteiger partial charge is 0.493 e. The van der Waals surface area contributed by atoms with E-state index in [9.17, 15) is 0 Å². The number of benzene rings is 1. The van der Waals surface area contributed by atoms with Crippen LogP contribution in [0.1, 0.15) is 26.7 Å². The number of thiazole rings is 1. The second-order valence-electron chi connectivity index (χ2n) is 4.80. The highest BCUT2D eigenvalue weighted by Crippen LogP contribution is 2.21. The lowest BCUT2D eigenvalue weighted by atomic mass is 10.1. The zero-order valence-corrected chi connectivity index (χ0v) is 12.8. The maximum atomic E-state index is 7.47. The van der Waals surface area contributed by atoms with Gasteiger partial charge in [0.25, 0.3) is 0 Å². The molecular formula is C15H19N3OS. The Morgan fingerprint density at radius 1 is 1.35 bits per heavy atom. The number of hydrogen-bond donors (Lipinski definition) is 2. The molecule has 0 fully saturated rings. The molecule has 20 heavy (non-hydrogen) atoms. The Kier molecular flexibility index (Phi) is 4.39. The van der Waals surface area contributed by atoms with Crippen molar-refractivity contribution in [2.75, 3.05) is 6.61 Å². The highest BCUT2D eigenvalue weighted by atomic mass is 32.1. The van der Waals surface area contributed by atoms with Gasteiger partial charge in [0.15, 0.2) is 0 Å². The molecule has 5 heteroatoms. The number of nitrogen functional groups attached to an aromatic ring is 1. The van der Waals surface area contributed by atoms with Gasteiger partial charge in [-0.1, -0.05) is 12.1 Å². The van der Waals surface area contributed by atoms with Gasteiger partial charge < -0.3 is 10.5 Å². The SMILES string of the molecule is Cc1ccc(C)c(OCCc2nc(C)c(C(=N)N)s2)c1. The number of nitrogens with one attached hydrogen (secondary N) is 1. The van der Waals surface area contributed by atoms with Crippen LogP contribution in [0.3, 0.4) is 0 Å². The van der Waals surface area contributed by atoms with E-state index in [1.165, 1.54) is 16.9 Å². The average Bonchev–Trinajstić information content (AvgIpc) is 2.75. The van der Waals surface area contributed by atoms with Crippen molar-refractivity contribution in [3.8, 4) is 5.75 Å². The predicted octanol–water partition coefficient (Wildman–Crippen LogP) is 2.97. The molecule has 4 nitrogen and oxygen atoms in total. The van der Waals surface area contributed by atoms with Crippen LogP contribution in [0.5, 0.6) is 5.75 Å². The minimum atomic E-state index is 0.0849. The Morgan fingerprint density at radius 2 is 2.10 bits per heavy atom. The summed E-state index contributed by atoms with van der Waals surface area (Å²) in [7, 11) is 0. The molecule has 1 aromatic carbocycles. The van der Waals surface area contributed by atoms with Gasteiger partial charge >= 0.3 is 0 Å². The molecule has 2 aromatic rings. The summed E-state index contributed by atoms with van der Waals surface area (Å²) in [5.74, 6) is 1.01. The fourth-order valence-corrected chi connectivity index (χ4v) is 2.83. The number of nitrogens with zero attached hydrogens (tertiary/aromatic N) is 1. The van der Waals surface area contributed by atoms with Crippen molar-refractivity contribution in [3.63, 3.8) is 0 Å². The maximum absolute atomic E-state index is 7.47. The second-order valence-corrected chi connectivity index (χ2v) is 5.89. The molecule has 0 aliphatic rings. The number of amidine groups is 1. The highest BCUT2D eigenvalue weighted by Gasteiger charge is 2.10. The van der Waals surface area contributed by atoms with Gasteiger partial charge in [-0.2, -0.15) is 0 Å². The van der Waals surface area contributed by atoms with Crippen molar-refractivity contribution in [3.05, 3.63) is 44.9 Å². The van der Waals surface area contributed by atoms with E-state index >= 15 is 0 Å². The first-order valence-electron chi connectivity index (χ1n) is 6.48. The summed E-state index contributed by atoms with van der Waals surface area (Å²) < 4.78 is 5.81. The Balaban J connectivity index is 1.98. The van der Waals surface area contributed by atoms with Crippen molar-refractivity contribution in [2.24, 2.45) is 5.73 Å². The molecule has 0 amide bonds. The Hall–Kier alpha value is -1.88. The van der Waals surface area contributed by atoms with Crippen molar-refractivity contribution in [1.82, 2.24) is 4.98 Å². The molecule has 0 bridgehead atoms. The molecule has 0 atom stereocenters. The standard InChI is InChI=1S/C15H19N3OS/c1-9-4-5-10(2)12(8-9)19-7-6-13-18-11(3)14(20-13)15(16)17/h4-5,8H,6-7H2,1-3H3,(H3,16,17). The Morgan fingerprint density at radius 3 is 2.75 bits per heavy atom. The van der Waals surface area contributed by atoms with Gasteiger partial charge in [-0.25, -0.2) is 4.98 Å². The number of aryl methyl sites for hydroxylation is 3. The highest BCUT2D eigenvalue weighted by molar-refractivity contribution is 7.13. The summed E-state index contributed by atoms with van der Waals surface area (Å²) in [6.45, 7) is 6.54. The van der Waals surface area contributed by atoms with Crippen molar-refractivity contribution in [1.29, 1.82) is 5.41 Å². The third kappa shape index (κ3) is 3.36. The van der Waals surface area contributed by atoms with E-state index in [2.05, 4.69) is 24.0 Å². The summed E-state index contributed by atoms with van der Waals surface area (Å²) in [4.78, 5) is 5.18. The van der Waals surface area contributed by atoms with Gasteiger partial charge in [0, 0.05) is 6.42 Å². The number of hydrogen-bond acceptors (Lipinski definition) is 4. The normalized spacial score (nSPS) is 10.6. The van der Waals surface area contributed by atoms with E-state index in [0.717, 1.165) is 33.3 Å². The topological polar surface area (TPSA) is 72.0 Å². The van der Waals surface area contributed by atoms with Crippen LogP contribution in [-0.2, 0) is 6.42 Å². The van der Waals surface area contributed by atoms with Crippen LogP contribution >= 0.6 is 11.3 Å². The lowest BCUT2D eigenvalue weighted by molar-refractivity contribution is 0.319. The quantitative estimate of drug-likeness (QED) is 0.656. The van der Waals surface area contributed by atoms with Crippen molar-refractivity contribution >= 4 is 17.2 Å². The summed E-state index contributed by atoms with van der Waals surface area (Å²) in [6.07, 6.45) is 0.728. The minimum Gasteiger partial charge on any atom is -0.493 e. The van der Waals surface area contributed by atoms with E-state index < -0.39 is 0 Å². The zero-order valence-electron chi connectivity index (χ0n) is 12.0. The van der Waals surface area contributed by atoms with Crippen LogP contribution < -0.4 is 10.5 Å². The average molecular weight is 289 g/mol. The molecule has 2 rings (SSSR count). The first-order valence-corrected chi connectivity index (χ1v) is 7.30. The van der Waals surface area contributed by atoms with E-state index in [4.69, 9.17) is 15.9 Å². The van der Waals surface area contributed by atoms with Crippen LogP contribution in [-0.4, -0.2) is 17.4 Å². The Labute approximate surface area is 123 Å². The molecule has 0 spiro atoms. The summed E-state index contributed by atoms with van der Waals surface area (Å²) >= 11 is 1.47. The lowest BCUT2D eigenvalue weighted by Crippen LogP contribution is -2.10. The number of nitrogens with two attached hydrogens (primary N) is 1. The van der Waals surface area contributed by atoms with Crippen LogP contribution in [0.2, 0.25) is 0 Å². The van der Waals surface area contributed by atoms with Crippen molar-refractivity contribution < 1.29 is 4.74 Å². The molecule has 0 saturated carbocycles. The molecule has 0 radical (unpaired) electrons. The third-order valence-electron chi connectivity index (χ3n) is 3.00. The number of rotatable bonds is 5. The molecule has 3 N–H and O–H groups in total. The zero-order chi connectivity index (χ0) is 14.7. The molecule has 0 aliphatic heterocycles. The summed E-state index contributed by atoms with van der Waals surface area (Å²) in [5.41, 5.74) is 8.65. The molecular weight excluding hydrogens is 270 g/mol. The summed E-state index contributed by atoms with van der Waals surface area (Å²) in [5, 5.41) is 8.43. The van der Waals surface area contributed by atoms with Gasteiger partial charge in [-0.15, -0.1) is 11.3 Å². The monoisotopic (exact) mass is 289 g/mol. The van der Waals surface area contributed by atoms with Crippen LogP contribution in [0.4, 0.5) is 0 Å². The molecule has 1 aromatic heterocycles. The third-order valence-corrected chi connectivity index (χ3v) is 4.25. The minimum absolute atomic E-state index is 0.0849. The van der Waals surface area contributed by atoms with Crippen LogP contribution in [0, 0.1) is 26.2 Å². The fraction of sp³-hybridized carbons (Fsp3) is 0.333. The predicted molar refractivity (Wildman–Crippen MR) is 83.0 cm³/mol. The van der Waals surface area contributed by atoms with Gasteiger partial charge in [0.1, 0.15) is 11.6 Å². The van der Waals surface area contributed by atoms with Gasteiger partial charge in [0.2, 0.25) is 0 Å². The molecule has 0 saturated heterocycles. The van der Waals surface area contributed by atoms with Gasteiger partial charge in [0.05, 0.1) is 22.2 Å².